The van der Waals surface area contributed by atoms with Gasteiger partial charge in [-0.05, 0) is 59.2 Å². The quantitative estimate of drug-likeness (QED) is 0.630. The van der Waals surface area contributed by atoms with Crippen LogP contribution in [0, 0.1) is 0 Å². The molecule has 0 aromatic heterocycles. The van der Waals surface area contributed by atoms with Gasteiger partial charge in [0.05, 0.1) is 0 Å². The molecule has 0 amide bonds. The first-order valence-corrected chi connectivity index (χ1v) is 10.3. The molecule has 3 nitrogen and oxygen atoms in total. The molecule has 0 bridgehead atoms. The summed E-state index contributed by atoms with van der Waals surface area (Å²) in [4.78, 5) is 0. The molecule has 2 aliphatic heterocycles. The first-order valence-electron chi connectivity index (χ1n) is 5.90. The fraction of sp³-hybridized carbons (Fsp3) is 1.00. The third-order valence-electron chi connectivity index (χ3n) is 4.02. The van der Waals surface area contributed by atoms with Crippen LogP contribution in [0.25, 0.3) is 0 Å². The summed E-state index contributed by atoms with van der Waals surface area (Å²) in [6.07, 6.45) is 2.87. The van der Waals surface area contributed by atoms with Gasteiger partial charge in [0, 0.05) is 0 Å². The molecule has 5 heteroatoms. The van der Waals surface area contributed by atoms with Gasteiger partial charge in [0.2, 0.25) is 0 Å². The summed E-state index contributed by atoms with van der Waals surface area (Å²) in [5.41, 5.74) is 0. The van der Waals surface area contributed by atoms with Gasteiger partial charge in [-0.1, -0.05) is 0 Å². The predicted octanol–water partition coefficient (Wildman–Crippen LogP) is 0.0302. The Balaban J connectivity index is 1.82. The van der Waals surface area contributed by atoms with Crippen molar-refractivity contribution in [2.45, 2.75) is 25.9 Å². The summed E-state index contributed by atoms with van der Waals surface area (Å²) in [6, 6.07) is 0. The molecular formula is C9H23N3Si2. The highest BCUT2D eigenvalue weighted by molar-refractivity contribution is 6.68. The van der Waals surface area contributed by atoms with Crippen LogP contribution < -0.4 is 0 Å². The Labute approximate surface area is 91.2 Å². The van der Waals surface area contributed by atoms with Crippen LogP contribution in [0.4, 0.5) is 0 Å². The van der Waals surface area contributed by atoms with Crippen LogP contribution in [0.15, 0.2) is 0 Å². The Morgan fingerprint density at radius 2 is 1.21 bits per heavy atom. The van der Waals surface area contributed by atoms with Gasteiger partial charge in [0.1, 0.15) is 0 Å². The maximum Gasteiger partial charge on any atom is 0.180 e. The lowest BCUT2D eigenvalue weighted by atomic mass is 10.3. The molecule has 82 valence electrons. The van der Waals surface area contributed by atoms with E-state index in [0.29, 0.717) is 0 Å². The van der Waals surface area contributed by atoms with Crippen molar-refractivity contribution >= 4 is 18.2 Å². The lowest BCUT2D eigenvalue weighted by molar-refractivity contribution is 0.276. The van der Waals surface area contributed by atoms with Crippen molar-refractivity contribution in [2.75, 3.05) is 33.2 Å². The minimum Gasteiger partial charge on any atom is -0.329 e. The SMILES string of the molecule is CN([SiH](C)N1CCC1)[SiH](C)N1CCC1. The Morgan fingerprint density at radius 3 is 1.43 bits per heavy atom. The van der Waals surface area contributed by atoms with Crippen molar-refractivity contribution in [2.24, 2.45) is 0 Å². The second-order valence-corrected chi connectivity index (χ2v) is 10.9. The smallest absolute Gasteiger partial charge is 0.180 e. The fourth-order valence-electron chi connectivity index (χ4n) is 2.26. The van der Waals surface area contributed by atoms with Crippen LogP contribution in [0.5, 0.6) is 0 Å². The first-order chi connectivity index (χ1) is 6.70. The summed E-state index contributed by atoms with van der Waals surface area (Å²) >= 11 is 0. The Bertz CT molecular complexity index is 174. The Kier molecular flexibility index (Phi) is 3.43. The van der Waals surface area contributed by atoms with E-state index >= 15 is 0 Å². The molecule has 0 spiro atoms. The maximum atomic E-state index is 2.78. The van der Waals surface area contributed by atoms with Crippen molar-refractivity contribution < 1.29 is 0 Å². The van der Waals surface area contributed by atoms with Crippen molar-refractivity contribution in [1.82, 2.24) is 13.4 Å². The molecule has 0 saturated carbocycles. The highest BCUT2D eigenvalue weighted by Gasteiger charge is 2.32. The van der Waals surface area contributed by atoms with E-state index in [9.17, 15) is 0 Å². The molecule has 0 aromatic carbocycles. The molecule has 0 N–H and O–H groups in total. The van der Waals surface area contributed by atoms with E-state index in [1.807, 2.05) is 0 Å². The highest BCUT2D eigenvalue weighted by Crippen LogP contribution is 2.15. The Hall–Kier alpha value is 0.314. The maximum absolute atomic E-state index is 2.78. The van der Waals surface area contributed by atoms with Crippen molar-refractivity contribution in [3.05, 3.63) is 0 Å². The lowest BCUT2D eigenvalue weighted by Crippen LogP contribution is -2.64. The van der Waals surface area contributed by atoms with Crippen molar-refractivity contribution in [1.29, 1.82) is 0 Å². The molecule has 0 radical (unpaired) electrons. The number of nitrogens with zero attached hydrogens (tertiary/aromatic N) is 3. The van der Waals surface area contributed by atoms with Gasteiger partial charge >= 0.3 is 0 Å². The zero-order valence-electron chi connectivity index (χ0n) is 9.74. The van der Waals surface area contributed by atoms with Crippen molar-refractivity contribution in [3.63, 3.8) is 0 Å². The van der Waals surface area contributed by atoms with Crippen LogP contribution in [-0.2, 0) is 0 Å². The minimum atomic E-state index is -0.711. The minimum absolute atomic E-state index is 0.711. The molecule has 2 atom stereocenters. The molecule has 14 heavy (non-hydrogen) atoms. The van der Waals surface area contributed by atoms with Crippen LogP contribution in [-0.4, -0.2) is 64.8 Å². The number of rotatable bonds is 4. The second-order valence-electron chi connectivity index (χ2n) is 4.71. The number of hydrogen-bond acceptors (Lipinski definition) is 3. The summed E-state index contributed by atoms with van der Waals surface area (Å²) in [7, 11) is 0.958. The van der Waals surface area contributed by atoms with E-state index < -0.39 is 18.2 Å². The molecule has 2 fully saturated rings. The third kappa shape index (κ3) is 1.97. The van der Waals surface area contributed by atoms with Crippen molar-refractivity contribution in [3.8, 4) is 0 Å². The molecule has 2 heterocycles. The van der Waals surface area contributed by atoms with Gasteiger partial charge in [-0.3, -0.25) is 0 Å². The molecule has 2 aliphatic rings. The highest BCUT2D eigenvalue weighted by atomic mass is 28.4. The predicted molar refractivity (Wildman–Crippen MR) is 66.2 cm³/mol. The average molecular weight is 229 g/mol. The second kappa shape index (κ2) is 4.44. The first kappa shape index (κ1) is 10.8. The average Bonchev–Trinajstić information content (AvgIpc) is 1.96. The van der Waals surface area contributed by atoms with E-state index in [1.54, 1.807) is 0 Å². The normalized spacial score (nSPS) is 28.3. The lowest BCUT2D eigenvalue weighted by Gasteiger charge is -2.46. The van der Waals surface area contributed by atoms with E-state index in [1.165, 1.54) is 39.0 Å². The van der Waals surface area contributed by atoms with E-state index in [4.69, 9.17) is 0 Å². The summed E-state index contributed by atoms with van der Waals surface area (Å²) < 4.78 is 8.23. The standard InChI is InChI=1S/C9H23N3Si2/c1-10(13(2)11-6-4-7-11)14(3)12-8-5-9-12/h13-14H,4-9H2,1-3H3. The molecule has 2 saturated heterocycles. The van der Waals surface area contributed by atoms with E-state index in [0.717, 1.165) is 0 Å². The monoisotopic (exact) mass is 229 g/mol. The molecule has 0 aromatic rings. The van der Waals surface area contributed by atoms with Crippen LogP contribution >= 0.6 is 0 Å². The molecule has 2 rings (SSSR count). The Morgan fingerprint density at radius 1 is 0.857 bits per heavy atom. The van der Waals surface area contributed by atoms with Gasteiger partial charge in [-0.15, -0.1) is 0 Å². The summed E-state index contributed by atoms with van der Waals surface area (Å²) in [6.45, 7) is 10.5. The van der Waals surface area contributed by atoms with Crippen LogP contribution in [0.2, 0.25) is 13.1 Å². The number of hydrogen-bond donors (Lipinski definition) is 0. The molecule has 0 aliphatic carbocycles. The van der Waals surface area contributed by atoms with E-state index in [2.05, 4.69) is 33.5 Å². The van der Waals surface area contributed by atoms with Gasteiger partial charge in [0.15, 0.2) is 18.2 Å². The van der Waals surface area contributed by atoms with Gasteiger partial charge in [-0.2, -0.15) is 0 Å². The van der Waals surface area contributed by atoms with Crippen LogP contribution in [0.3, 0.4) is 0 Å². The largest absolute Gasteiger partial charge is 0.329 e. The van der Waals surface area contributed by atoms with Gasteiger partial charge < -0.3 is 13.4 Å². The van der Waals surface area contributed by atoms with Gasteiger partial charge in [-0.25, -0.2) is 0 Å². The molecule has 2 unspecified atom stereocenters. The van der Waals surface area contributed by atoms with Crippen LogP contribution in [0.1, 0.15) is 12.8 Å². The fourth-order valence-corrected chi connectivity index (χ4v) is 9.14. The zero-order valence-corrected chi connectivity index (χ0v) is 12.0. The third-order valence-corrected chi connectivity index (χ3v) is 12.1. The molecular weight excluding hydrogens is 206 g/mol. The van der Waals surface area contributed by atoms with E-state index in [-0.39, 0.29) is 0 Å². The topological polar surface area (TPSA) is 9.72 Å². The zero-order chi connectivity index (χ0) is 10.1. The van der Waals surface area contributed by atoms with Gasteiger partial charge in [0.25, 0.3) is 0 Å². The summed E-state index contributed by atoms with van der Waals surface area (Å²) in [5.74, 6) is 0. The summed E-state index contributed by atoms with van der Waals surface area (Å²) in [5, 5.41) is 0.